The molecule has 0 aliphatic heterocycles. The predicted octanol–water partition coefficient (Wildman–Crippen LogP) is 9.04. The molecule has 0 heterocycles. The molecule has 0 saturated heterocycles. The van der Waals surface area contributed by atoms with Crippen LogP contribution in [-0.4, -0.2) is 5.11 Å². The molecule has 1 nitrogen and oxygen atoms in total. The second-order valence-corrected chi connectivity index (χ2v) is 9.72. The molecular weight excluding hydrogens is 412 g/mol. The number of allylic oxidation sites excluding steroid dienone is 1. The Labute approximate surface area is 207 Å². The summed E-state index contributed by atoms with van der Waals surface area (Å²) in [6.07, 6.45) is 9.09. The number of hydrogen-bond acceptors (Lipinski definition) is 1. The highest BCUT2D eigenvalue weighted by molar-refractivity contribution is 5.48. The second-order valence-electron chi connectivity index (χ2n) is 9.72. The van der Waals surface area contributed by atoms with Crippen molar-refractivity contribution in [2.24, 2.45) is 5.92 Å². The maximum atomic E-state index is 10.0. The van der Waals surface area contributed by atoms with Gasteiger partial charge in [0, 0.05) is 5.41 Å². The van der Waals surface area contributed by atoms with Crippen LogP contribution in [-0.2, 0) is 18.3 Å². The summed E-state index contributed by atoms with van der Waals surface area (Å²) in [5.41, 5.74) is 6.16. The molecule has 3 aromatic rings. The first-order valence-electron chi connectivity index (χ1n) is 13.1. The van der Waals surface area contributed by atoms with E-state index in [4.69, 9.17) is 0 Å². The fraction of sp³-hybridized carbons (Fsp3) is 0.394. The lowest BCUT2D eigenvalue weighted by Gasteiger charge is -2.43. The maximum absolute atomic E-state index is 10.0. The molecule has 0 amide bonds. The van der Waals surface area contributed by atoms with E-state index in [0.717, 1.165) is 24.8 Å². The summed E-state index contributed by atoms with van der Waals surface area (Å²) >= 11 is 0. The molecule has 0 aliphatic rings. The Balaban J connectivity index is 1.88. The summed E-state index contributed by atoms with van der Waals surface area (Å²) in [5, 5.41) is 10.0. The van der Waals surface area contributed by atoms with Gasteiger partial charge in [0.05, 0.1) is 0 Å². The van der Waals surface area contributed by atoms with Crippen molar-refractivity contribution in [2.75, 3.05) is 0 Å². The van der Waals surface area contributed by atoms with Gasteiger partial charge < -0.3 is 5.11 Å². The molecule has 1 atom stereocenters. The molecule has 1 unspecified atom stereocenters. The molecule has 3 aromatic carbocycles. The Bertz CT molecular complexity index is 979. The lowest BCUT2D eigenvalue weighted by Crippen LogP contribution is -2.38. The van der Waals surface area contributed by atoms with Crippen molar-refractivity contribution in [1.82, 2.24) is 0 Å². The van der Waals surface area contributed by atoms with Gasteiger partial charge in [0.1, 0.15) is 5.75 Å². The van der Waals surface area contributed by atoms with Crippen LogP contribution < -0.4 is 0 Å². The molecule has 0 radical (unpaired) electrons. The standard InChI is InChI=1S/C33H42O/c1-5-7-17-29(22-15-14-16-27-23-24-32(34)28(6-2)25-27)33(26(3)4,30-18-10-8-11-19-30)31-20-12-9-13-21-31/h8-13,18-21,23-25,29,34H,3,5-7,14-17,22H2,1-2,4H3. The Morgan fingerprint density at radius 2 is 1.41 bits per heavy atom. The van der Waals surface area contributed by atoms with Gasteiger partial charge in [-0.25, -0.2) is 0 Å². The van der Waals surface area contributed by atoms with Crippen molar-refractivity contribution in [1.29, 1.82) is 0 Å². The fourth-order valence-corrected chi connectivity index (χ4v) is 5.71. The fourth-order valence-electron chi connectivity index (χ4n) is 5.71. The van der Waals surface area contributed by atoms with Crippen LogP contribution in [0.2, 0.25) is 0 Å². The van der Waals surface area contributed by atoms with Crippen molar-refractivity contribution in [3.05, 3.63) is 113 Å². The van der Waals surface area contributed by atoms with Gasteiger partial charge in [0.2, 0.25) is 0 Å². The SMILES string of the molecule is C=C(C)C(c1ccccc1)(c1ccccc1)C(CCCC)CCCCc1ccc(O)c(CC)c1. The minimum atomic E-state index is -0.175. The van der Waals surface area contributed by atoms with E-state index in [9.17, 15) is 5.11 Å². The smallest absolute Gasteiger partial charge is 0.118 e. The molecule has 3 rings (SSSR count). The first kappa shape index (κ1) is 25.8. The van der Waals surface area contributed by atoms with E-state index in [1.807, 2.05) is 6.07 Å². The van der Waals surface area contributed by atoms with E-state index in [0.29, 0.717) is 11.7 Å². The average Bonchev–Trinajstić information content (AvgIpc) is 2.87. The van der Waals surface area contributed by atoms with Gasteiger partial charge in [-0.1, -0.05) is 118 Å². The zero-order valence-electron chi connectivity index (χ0n) is 21.4. The molecule has 1 heteroatoms. The molecule has 0 aromatic heterocycles. The normalized spacial score (nSPS) is 12.4. The predicted molar refractivity (Wildman–Crippen MR) is 147 cm³/mol. The van der Waals surface area contributed by atoms with Crippen LogP contribution in [0, 0.1) is 5.92 Å². The maximum Gasteiger partial charge on any atom is 0.118 e. The zero-order chi connectivity index (χ0) is 24.4. The van der Waals surface area contributed by atoms with Crippen LogP contribution >= 0.6 is 0 Å². The highest BCUT2D eigenvalue weighted by Gasteiger charge is 2.41. The molecule has 0 bridgehead atoms. The van der Waals surface area contributed by atoms with Gasteiger partial charge >= 0.3 is 0 Å². The number of phenolic OH excluding ortho intramolecular Hbond substituents is 1. The van der Waals surface area contributed by atoms with Gasteiger partial charge in [-0.3, -0.25) is 0 Å². The Kier molecular flexibility index (Phi) is 9.57. The van der Waals surface area contributed by atoms with Crippen molar-refractivity contribution < 1.29 is 5.11 Å². The van der Waals surface area contributed by atoms with Crippen LogP contribution in [0.5, 0.6) is 5.75 Å². The number of unbranched alkanes of at least 4 members (excludes halogenated alkanes) is 2. The Morgan fingerprint density at radius 3 is 1.94 bits per heavy atom. The van der Waals surface area contributed by atoms with Crippen molar-refractivity contribution in [3.8, 4) is 5.75 Å². The Morgan fingerprint density at radius 1 is 0.824 bits per heavy atom. The number of aromatic hydroxyl groups is 1. The number of hydrogen-bond donors (Lipinski definition) is 1. The van der Waals surface area contributed by atoms with Crippen molar-refractivity contribution in [2.45, 2.75) is 77.6 Å². The summed E-state index contributed by atoms with van der Waals surface area (Å²) < 4.78 is 0. The van der Waals surface area contributed by atoms with Crippen LogP contribution in [0.15, 0.2) is 91.0 Å². The number of rotatable bonds is 13. The van der Waals surface area contributed by atoms with E-state index >= 15 is 0 Å². The largest absolute Gasteiger partial charge is 0.508 e. The lowest BCUT2D eigenvalue weighted by molar-refractivity contribution is 0.304. The van der Waals surface area contributed by atoms with Gasteiger partial charge in [-0.05, 0) is 73.3 Å². The average molecular weight is 455 g/mol. The van der Waals surface area contributed by atoms with Crippen LogP contribution in [0.1, 0.15) is 81.5 Å². The topological polar surface area (TPSA) is 20.2 Å². The summed E-state index contributed by atoms with van der Waals surface area (Å²) in [6.45, 7) is 11.2. The van der Waals surface area contributed by atoms with E-state index in [2.05, 4.69) is 100 Å². The van der Waals surface area contributed by atoms with E-state index < -0.39 is 0 Å². The van der Waals surface area contributed by atoms with Crippen LogP contribution in [0.3, 0.4) is 0 Å². The molecule has 0 fully saturated rings. The Hall–Kier alpha value is -2.80. The summed E-state index contributed by atoms with van der Waals surface area (Å²) in [4.78, 5) is 0. The van der Waals surface area contributed by atoms with Crippen LogP contribution in [0.4, 0.5) is 0 Å². The molecule has 0 spiro atoms. The monoisotopic (exact) mass is 454 g/mol. The van der Waals surface area contributed by atoms with Gasteiger partial charge in [0.25, 0.3) is 0 Å². The van der Waals surface area contributed by atoms with Crippen molar-refractivity contribution >= 4 is 0 Å². The molecule has 0 aliphatic carbocycles. The summed E-state index contributed by atoms with van der Waals surface area (Å²) in [5.74, 6) is 0.920. The highest BCUT2D eigenvalue weighted by atomic mass is 16.3. The lowest BCUT2D eigenvalue weighted by atomic mass is 9.59. The van der Waals surface area contributed by atoms with Crippen molar-refractivity contribution in [3.63, 3.8) is 0 Å². The van der Waals surface area contributed by atoms with Gasteiger partial charge in [-0.2, -0.15) is 0 Å². The van der Waals surface area contributed by atoms with Crippen LogP contribution in [0.25, 0.3) is 0 Å². The number of benzene rings is 3. The summed E-state index contributed by atoms with van der Waals surface area (Å²) in [7, 11) is 0. The first-order valence-corrected chi connectivity index (χ1v) is 13.1. The number of phenols is 1. The van der Waals surface area contributed by atoms with E-state index in [-0.39, 0.29) is 5.41 Å². The molecule has 0 saturated carbocycles. The van der Waals surface area contributed by atoms with E-state index in [1.165, 1.54) is 54.4 Å². The minimum absolute atomic E-state index is 0.175. The third kappa shape index (κ3) is 5.81. The van der Waals surface area contributed by atoms with Gasteiger partial charge in [-0.15, -0.1) is 0 Å². The second kappa shape index (κ2) is 12.6. The molecular formula is C33H42O. The molecule has 34 heavy (non-hydrogen) atoms. The molecule has 1 N–H and O–H groups in total. The zero-order valence-corrected chi connectivity index (χ0v) is 21.4. The third-order valence-electron chi connectivity index (χ3n) is 7.44. The third-order valence-corrected chi connectivity index (χ3v) is 7.44. The summed E-state index contributed by atoms with van der Waals surface area (Å²) in [6, 6.07) is 28.2. The van der Waals surface area contributed by atoms with Gasteiger partial charge in [0.15, 0.2) is 0 Å². The van der Waals surface area contributed by atoms with E-state index in [1.54, 1.807) is 0 Å². The highest BCUT2D eigenvalue weighted by Crippen LogP contribution is 2.48. The number of aryl methyl sites for hydroxylation is 2. The minimum Gasteiger partial charge on any atom is -0.508 e. The first-order chi connectivity index (χ1) is 16.5. The molecule has 180 valence electrons. The quantitative estimate of drug-likeness (QED) is 0.202.